The summed E-state index contributed by atoms with van der Waals surface area (Å²) in [5.41, 5.74) is 1.04. The third kappa shape index (κ3) is 5.82. The first kappa shape index (κ1) is 24.7. The van der Waals surface area contributed by atoms with Crippen LogP contribution in [0.4, 0.5) is 5.82 Å². The van der Waals surface area contributed by atoms with Gasteiger partial charge in [-0.2, -0.15) is 10.2 Å². The zero-order valence-electron chi connectivity index (χ0n) is 18.7. The Morgan fingerprint density at radius 1 is 0.943 bits per heavy atom. The van der Waals surface area contributed by atoms with Crippen molar-refractivity contribution in [1.82, 2.24) is 19.6 Å². The van der Waals surface area contributed by atoms with Crippen molar-refractivity contribution in [1.29, 1.82) is 0 Å². The van der Waals surface area contributed by atoms with E-state index in [1.165, 1.54) is 18.9 Å². The Morgan fingerprint density at radius 3 is 2.37 bits per heavy atom. The highest BCUT2D eigenvalue weighted by atomic mass is 35.5. The van der Waals surface area contributed by atoms with Gasteiger partial charge in [-0.05, 0) is 35.9 Å². The predicted octanol–water partition coefficient (Wildman–Crippen LogP) is 5.39. The number of hydrogen-bond donors (Lipinski definition) is 1. The van der Waals surface area contributed by atoms with E-state index in [2.05, 4.69) is 15.5 Å². The van der Waals surface area contributed by atoms with Crippen LogP contribution in [0.2, 0.25) is 15.1 Å². The number of aromatic nitrogens is 4. The van der Waals surface area contributed by atoms with Crippen molar-refractivity contribution in [3.8, 4) is 17.2 Å². The van der Waals surface area contributed by atoms with E-state index in [1.54, 1.807) is 53.5 Å². The van der Waals surface area contributed by atoms with E-state index in [0.717, 1.165) is 5.56 Å². The maximum atomic E-state index is 12.7. The molecule has 0 aliphatic rings. The van der Waals surface area contributed by atoms with E-state index in [1.807, 2.05) is 6.07 Å². The van der Waals surface area contributed by atoms with Crippen LogP contribution >= 0.6 is 34.8 Å². The lowest BCUT2D eigenvalue weighted by Crippen LogP contribution is -2.15. The Hall–Kier alpha value is -3.40. The smallest absolute Gasteiger partial charge is 0.277 e. The van der Waals surface area contributed by atoms with Gasteiger partial charge in [0.2, 0.25) is 5.75 Å². The molecule has 2 aromatic carbocycles. The molecular weight excluding hydrogens is 517 g/mol. The van der Waals surface area contributed by atoms with E-state index in [9.17, 15) is 4.79 Å². The van der Waals surface area contributed by atoms with Gasteiger partial charge in [-0.25, -0.2) is 4.68 Å². The predicted molar refractivity (Wildman–Crippen MR) is 133 cm³/mol. The fraction of sp³-hybridized carbons (Fsp3) is 0.174. The van der Waals surface area contributed by atoms with Crippen molar-refractivity contribution in [3.05, 3.63) is 81.2 Å². The van der Waals surface area contributed by atoms with Gasteiger partial charge < -0.3 is 19.5 Å². The number of anilines is 1. The molecule has 1 N–H and O–H groups in total. The zero-order valence-corrected chi connectivity index (χ0v) is 20.9. The number of halogens is 3. The number of nitrogens with one attached hydrogen (secondary N) is 1. The van der Waals surface area contributed by atoms with Gasteiger partial charge in [0.15, 0.2) is 29.7 Å². The van der Waals surface area contributed by atoms with Crippen LogP contribution in [-0.2, 0) is 13.3 Å². The number of carbonyl (C=O) groups excluding carboxylic acids is 1. The van der Waals surface area contributed by atoms with Gasteiger partial charge in [-0.1, -0.05) is 46.9 Å². The molecular formula is C23H20Cl3N5O4. The van der Waals surface area contributed by atoms with Gasteiger partial charge in [0.05, 0.1) is 30.8 Å². The number of benzene rings is 2. The third-order valence-electron chi connectivity index (χ3n) is 4.87. The first-order valence-corrected chi connectivity index (χ1v) is 11.4. The lowest BCUT2D eigenvalue weighted by atomic mass is 10.2. The second kappa shape index (κ2) is 10.9. The number of ether oxygens (including phenoxy) is 3. The summed E-state index contributed by atoms with van der Waals surface area (Å²) in [5.74, 6) is 1.20. The van der Waals surface area contributed by atoms with Crippen LogP contribution in [0.25, 0.3) is 0 Å². The van der Waals surface area contributed by atoms with Crippen molar-refractivity contribution in [2.45, 2.75) is 13.3 Å². The van der Waals surface area contributed by atoms with Crippen molar-refractivity contribution in [2.75, 3.05) is 19.5 Å². The van der Waals surface area contributed by atoms with Gasteiger partial charge >= 0.3 is 0 Å². The molecule has 12 heteroatoms. The molecule has 1 amide bonds. The number of rotatable bonds is 9. The molecule has 0 atom stereocenters. The van der Waals surface area contributed by atoms with Gasteiger partial charge in [0.25, 0.3) is 5.91 Å². The van der Waals surface area contributed by atoms with Crippen molar-refractivity contribution < 1.29 is 19.0 Å². The van der Waals surface area contributed by atoms with Crippen molar-refractivity contribution in [2.24, 2.45) is 0 Å². The molecule has 2 aromatic heterocycles. The minimum atomic E-state index is -0.472. The maximum Gasteiger partial charge on any atom is 0.277 e. The zero-order chi connectivity index (χ0) is 24.9. The summed E-state index contributed by atoms with van der Waals surface area (Å²) >= 11 is 18.3. The minimum Gasteiger partial charge on any atom is -0.493 e. The SMILES string of the molecule is COc1cccc(OC)c1OCn1ccc(C(=O)Nc2nn(Cc3ccc(Cl)c(Cl)c3)cc2Cl)n1. The average Bonchev–Trinajstić information content (AvgIpc) is 3.46. The molecule has 4 rings (SSSR count). The molecule has 9 nitrogen and oxygen atoms in total. The lowest BCUT2D eigenvalue weighted by molar-refractivity contribution is 0.101. The van der Waals surface area contributed by atoms with Gasteiger partial charge in [0.1, 0.15) is 5.02 Å². The van der Waals surface area contributed by atoms with Gasteiger partial charge in [-0.15, -0.1) is 0 Å². The first-order valence-electron chi connectivity index (χ1n) is 10.2. The van der Waals surface area contributed by atoms with Crippen LogP contribution in [0.1, 0.15) is 16.1 Å². The molecule has 0 aliphatic carbocycles. The van der Waals surface area contributed by atoms with Crippen LogP contribution in [-0.4, -0.2) is 39.7 Å². The van der Waals surface area contributed by atoms with Crippen LogP contribution < -0.4 is 19.5 Å². The standard InChI is InChI=1S/C23H20Cl3N5O4/c1-33-19-4-3-5-20(34-2)21(19)35-13-30-9-8-18(28-30)23(32)27-22-17(26)12-31(29-22)11-14-6-7-15(24)16(25)10-14/h3-10,12H,11,13H2,1-2H3,(H,27,29,32). The Kier molecular flexibility index (Phi) is 7.70. The number of hydrogen-bond acceptors (Lipinski definition) is 6. The summed E-state index contributed by atoms with van der Waals surface area (Å²) in [6, 6.07) is 12.1. The molecule has 0 saturated heterocycles. The van der Waals surface area contributed by atoms with Crippen molar-refractivity contribution in [3.63, 3.8) is 0 Å². The normalized spacial score (nSPS) is 10.8. The molecule has 0 aliphatic heterocycles. The molecule has 2 heterocycles. The Morgan fingerprint density at radius 2 is 1.69 bits per heavy atom. The fourth-order valence-corrected chi connectivity index (χ4v) is 3.72. The third-order valence-corrected chi connectivity index (χ3v) is 5.89. The quantitative estimate of drug-likeness (QED) is 0.308. The molecule has 0 radical (unpaired) electrons. The summed E-state index contributed by atoms with van der Waals surface area (Å²) in [5, 5.41) is 12.4. The van der Waals surface area contributed by atoms with Crippen LogP contribution in [0.3, 0.4) is 0 Å². The molecule has 0 fully saturated rings. The number of amides is 1. The van der Waals surface area contributed by atoms with E-state index < -0.39 is 5.91 Å². The Balaban J connectivity index is 1.40. The summed E-state index contributed by atoms with van der Waals surface area (Å²) in [6.07, 6.45) is 3.22. The molecule has 0 spiro atoms. The summed E-state index contributed by atoms with van der Waals surface area (Å²) < 4.78 is 19.5. The highest BCUT2D eigenvalue weighted by Gasteiger charge is 2.16. The topological polar surface area (TPSA) is 92.4 Å². The van der Waals surface area contributed by atoms with Crippen LogP contribution in [0.15, 0.2) is 54.9 Å². The number of carbonyl (C=O) groups is 1. The molecule has 0 bridgehead atoms. The minimum absolute atomic E-state index is 0.0308. The molecule has 4 aromatic rings. The van der Waals surface area contributed by atoms with Crippen molar-refractivity contribution >= 4 is 46.5 Å². The Labute approximate surface area is 216 Å². The Bertz CT molecular complexity index is 1330. The highest BCUT2D eigenvalue weighted by Crippen LogP contribution is 2.36. The summed E-state index contributed by atoms with van der Waals surface area (Å²) in [6.45, 7) is 0.425. The van der Waals surface area contributed by atoms with Crippen LogP contribution in [0.5, 0.6) is 17.2 Å². The molecule has 182 valence electrons. The van der Waals surface area contributed by atoms with Gasteiger partial charge in [-0.3, -0.25) is 9.48 Å². The summed E-state index contributed by atoms with van der Waals surface area (Å²) in [7, 11) is 3.07. The van der Waals surface area contributed by atoms with E-state index in [-0.39, 0.29) is 23.3 Å². The summed E-state index contributed by atoms with van der Waals surface area (Å²) in [4.78, 5) is 12.7. The van der Waals surface area contributed by atoms with Gasteiger partial charge in [0, 0.05) is 12.4 Å². The lowest BCUT2D eigenvalue weighted by Gasteiger charge is -2.13. The molecule has 35 heavy (non-hydrogen) atoms. The van der Waals surface area contributed by atoms with E-state index in [0.29, 0.717) is 33.8 Å². The average molecular weight is 537 g/mol. The second-order valence-electron chi connectivity index (χ2n) is 7.23. The van der Waals surface area contributed by atoms with E-state index >= 15 is 0 Å². The second-order valence-corrected chi connectivity index (χ2v) is 8.45. The monoisotopic (exact) mass is 535 g/mol. The highest BCUT2D eigenvalue weighted by molar-refractivity contribution is 6.42. The number of nitrogens with zero attached hydrogens (tertiary/aromatic N) is 4. The van der Waals surface area contributed by atoms with Crippen LogP contribution in [0, 0.1) is 0 Å². The molecule has 0 unspecified atom stereocenters. The fourth-order valence-electron chi connectivity index (χ4n) is 3.20. The number of methoxy groups -OCH3 is 2. The molecule has 0 saturated carbocycles. The van der Waals surface area contributed by atoms with E-state index in [4.69, 9.17) is 49.0 Å². The maximum absolute atomic E-state index is 12.7. The first-order chi connectivity index (χ1) is 16.9. The largest absolute Gasteiger partial charge is 0.493 e. The number of para-hydroxylation sites is 1.